The molecule has 0 amide bonds. The predicted molar refractivity (Wildman–Crippen MR) is 62.5 cm³/mol. The molecule has 2 aromatic rings. The van der Waals surface area contributed by atoms with E-state index in [4.69, 9.17) is 5.73 Å². The Morgan fingerprint density at radius 2 is 2.11 bits per heavy atom. The SMILES string of the molecule is CCC(CN)Nc1ccc2nnc(C(F)(F)F)n2n1. The molecule has 3 N–H and O–H groups in total. The number of aromatic nitrogens is 4. The second kappa shape index (κ2) is 5.00. The van der Waals surface area contributed by atoms with Crippen LogP contribution in [0.3, 0.4) is 0 Å². The van der Waals surface area contributed by atoms with Gasteiger partial charge in [-0.2, -0.15) is 17.7 Å². The van der Waals surface area contributed by atoms with Gasteiger partial charge in [0.2, 0.25) is 0 Å². The fourth-order valence-corrected chi connectivity index (χ4v) is 1.58. The lowest BCUT2D eigenvalue weighted by Gasteiger charge is -2.15. The van der Waals surface area contributed by atoms with Crippen molar-refractivity contribution in [3.8, 4) is 0 Å². The second-order valence-corrected chi connectivity index (χ2v) is 4.00. The minimum atomic E-state index is -4.59. The quantitative estimate of drug-likeness (QED) is 0.878. The lowest BCUT2D eigenvalue weighted by Crippen LogP contribution is -2.28. The van der Waals surface area contributed by atoms with Gasteiger partial charge >= 0.3 is 6.18 Å². The van der Waals surface area contributed by atoms with Crippen LogP contribution in [0.4, 0.5) is 19.0 Å². The third kappa shape index (κ3) is 2.75. The normalized spacial score (nSPS) is 13.7. The van der Waals surface area contributed by atoms with Crippen molar-refractivity contribution in [3.05, 3.63) is 18.0 Å². The van der Waals surface area contributed by atoms with Gasteiger partial charge in [-0.15, -0.1) is 15.3 Å². The third-order valence-corrected chi connectivity index (χ3v) is 2.65. The topological polar surface area (TPSA) is 81.1 Å². The number of nitrogens with zero attached hydrogens (tertiary/aromatic N) is 4. The lowest BCUT2D eigenvalue weighted by atomic mass is 10.2. The molecule has 19 heavy (non-hydrogen) atoms. The van der Waals surface area contributed by atoms with Crippen molar-refractivity contribution in [1.82, 2.24) is 19.8 Å². The Hall–Kier alpha value is -1.90. The lowest BCUT2D eigenvalue weighted by molar-refractivity contribution is -0.146. The largest absolute Gasteiger partial charge is 0.453 e. The highest BCUT2D eigenvalue weighted by Gasteiger charge is 2.37. The van der Waals surface area contributed by atoms with Gasteiger partial charge in [0, 0.05) is 12.6 Å². The molecule has 0 spiro atoms. The fraction of sp³-hybridized carbons (Fsp3) is 0.500. The number of nitrogens with one attached hydrogen (secondary N) is 1. The van der Waals surface area contributed by atoms with E-state index in [0.29, 0.717) is 16.9 Å². The molecule has 1 atom stereocenters. The number of halogens is 3. The molecule has 1 unspecified atom stereocenters. The summed E-state index contributed by atoms with van der Waals surface area (Å²) in [7, 11) is 0. The van der Waals surface area contributed by atoms with Crippen molar-refractivity contribution in [3.63, 3.8) is 0 Å². The van der Waals surface area contributed by atoms with Crippen molar-refractivity contribution in [2.24, 2.45) is 5.73 Å². The van der Waals surface area contributed by atoms with Crippen molar-refractivity contribution in [2.45, 2.75) is 25.6 Å². The number of rotatable bonds is 4. The van der Waals surface area contributed by atoms with Crippen LogP contribution in [-0.2, 0) is 6.18 Å². The van der Waals surface area contributed by atoms with Crippen molar-refractivity contribution in [1.29, 1.82) is 0 Å². The van der Waals surface area contributed by atoms with Crippen LogP contribution in [-0.4, -0.2) is 32.4 Å². The zero-order chi connectivity index (χ0) is 14.0. The summed E-state index contributed by atoms with van der Waals surface area (Å²) < 4.78 is 38.7. The van der Waals surface area contributed by atoms with Gasteiger partial charge in [0.15, 0.2) is 5.65 Å². The molecule has 6 nitrogen and oxygen atoms in total. The van der Waals surface area contributed by atoms with Crippen LogP contribution in [0.5, 0.6) is 0 Å². The predicted octanol–water partition coefficient (Wildman–Crippen LogP) is 1.29. The maximum atomic E-state index is 12.7. The minimum absolute atomic E-state index is 0.0404. The van der Waals surface area contributed by atoms with E-state index in [2.05, 4.69) is 20.6 Å². The zero-order valence-electron chi connectivity index (χ0n) is 10.1. The first-order valence-electron chi connectivity index (χ1n) is 5.72. The molecular weight excluding hydrogens is 261 g/mol. The maximum absolute atomic E-state index is 12.7. The molecule has 0 aliphatic carbocycles. The van der Waals surface area contributed by atoms with Gasteiger partial charge in [0.05, 0.1) is 0 Å². The summed E-state index contributed by atoms with van der Waals surface area (Å²) >= 11 is 0. The Morgan fingerprint density at radius 1 is 1.37 bits per heavy atom. The Labute approximate surface area is 106 Å². The summed E-state index contributed by atoms with van der Waals surface area (Å²) in [5.41, 5.74) is 5.56. The number of alkyl halides is 3. The molecule has 2 aromatic heterocycles. The van der Waals surface area contributed by atoms with Crippen LogP contribution in [0.25, 0.3) is 5.65 Å². The molecule has 0 saturated heterocycles. The van der Waals surface area contributed by atoms with Gasteiger partial charge in [-0.3, -0.25) is 0 Å². The Bertz CT molecular complexity index is 560. The van der Waals surface area contributed by atoms with Crippen molar-refractivity contribution < 1.29 is 13.2 Å². The van der Waals surface area contributed by atoms with Gasteiger partial charge in [0.1, 0.15) is 5.82 Å². The van der Waals surface area contributed by atoms with E-state index in [-0.39, 0.29) is 11.7 Å². The molecule has 2 rings (SSSR count). The summed E-state index contributed by atoms with van der Waals surface area (Å²) in [6.45, 7) is 2.29. The van der Waals surface area contributed by atoms with E-state index in [0.717, 1.165) is 6.42 Å². The summed E-state index contributed by atoms with van der Waals surface area (Å²) in [6.07, 6.45) is -3.85. The number of hydrogen-bond acceptors (Lipinski definition) is 5. The molecule has 0 radical (unpaired) electrons. The first-order chi connectivity index (χ1) is 8.95. The molecule has 0 bridgehead atoms. The summed E-state index contributed by atoms with van der Waals surface area (Å²) in [4.78, 5) is 0. The number of hydrogen-bond donors (Lipinski definition) is 2. The van der Waals surface area contributed by atoms with Gasteiger partial charge in [-0.25, -0.2) is 0 Å². The number of fused-ring (bicyclic) bond motifs is 1. The number of anilines is 1. The molecule has 0 aliphatic rings. The molecule has 104 valence electrons. The smallest absolute Gasteiger partial charge is 0.365 e. The van der Waals surface area contributed by atoms with Crippen molar-refractivity contribution >= 4 is 11.5 Å². The summed E-state index contributed by atoms with van der Waals surface area (Å²) in [6, 6.07) is 2.92. The molecule has 0 saturated carbocycles. The van der Waals surface area contributed by atoms with E-state index >= 15 is 0 Å². The molecule has 0 aromatic carbocycles. The van der Waals surface area contributed by atoms with E-state index in [9.17, 15) is 13.2 Å². The summed E-state index contributed by atoms with van der Waals surface area (Å²) in [5, 5.41) is 13.3. The monoisotopic (exact) mass is 274 g/mol. The van der Waals surface area contributed by atoms with Crippen LogP contribution < -0.4 is 11.1 Å². The molecule has 0 aliphatic heterocycles. The average Bonchev–Trinajstić information content (AvgIpc) is 2.78. The second-order valence-electron chi connectivity index (χ2n) is 4.00. The third-order valence-electron chi connectivity index (χ3n) is 2.65. The van der Waals surface area contributed by atoms with Crippen LogP contribution >= 0.6 is 0 Å². The van der Waals surface area contributed by atoms with Gasteiger partial charge in [-0.05, 0) is 18.6 Å². The van der Waals surface area contributed by atoms with Gasteiger partial charge in [0.25, 0.3) is 5.82 Å². The Morgan fingerprint density at radius 3 is 2.68 bits per heavy atom. The standard InChI is InChI=1S/C10H13F3N6/c1-2-6(5-14)15-7-3-4-8-16-17-9(10(11,12)13)19(8)18-7/h3-4,6H,2,5,14H2,1H3,(H,15,18). The molecule has 9 heteroatoms. The molecular formula is C10H13F3N6. The van der Waals surface area contributed by atoms with E-state index in [1.807, 2.05) is 6.92 Å². The highest BCUT2D eigenvalue weighted by atomic mass is 19.4. The Kier molecular flexibility index (Phi) is 3.56. The van der Waals surface area contributed by atoms with Gasteiger partial charge in [-0.1, -0.05) is 6.92 Å². The number of nitrogens with two attached hydrogens (primary N) is 1. The van der Waals surface area contributed by atoms with Crippen LogP contribution in [0.2, 0.25) is 0 Å². The van der Waals surface area contributed by atoms with Crippen molar-refractivity contribution in [2.75, 3.05) is 11.9 Å². The fourth-order valence-electron chi connectivity index (χ4n) is 1.58. The highest BCUT2D eigenvalue weighted by Crippen LogP contribution is 2.27. The minimum Gasteiger partial charge on any atom is -0.365 e. The van der Waals surface area contributed by atoms with Crippen LogP contribution in [0.15, 0.2) is 12.1 Å². The van der Waals surface area contributed by atoms with Crippen LogP contribution in [0, 0.1) is 0 Å². The van der Waals surface area contributed by atoms with Crippen LogP contribution in [0.1, 0.15) is 19.2 Å². The Balaban J connectivity index is 2.38. The first-order valence-corrected chi connectivity index (χ1v) is 5.72. The maximum Gasteiger partial charge on any atom is 0.453 e. The van der Waals surface area contributed by atoms with Gasteiger partial charge < -0.3 is 11.1 Å². The first kappa shape index (κ1) is 13.5. The van der Waals surface area contributed by atoms with E-state index < -0.39 is 12.0 Å². The summed E-state index contributed by atoms with van der Waals surface area (Å²) in [5.74, 6) is -0.845. The average molecular weight is 274 g/mol. The zero-order valence-corrected chi connectivity index (χ0v) is 10.1. The highest BCUT2D eigenvalue weighted by molar-refractivity contribution is 5.44. The molecule has 2 heterocycles. The van der Waals surface area contributed by atoms with E-state index in [1.54, 1.807) is 6.07 Å². The van der Waals surface area contributed by atoms with E-state index in [1.165, 1.54) is 6.07 Å². The molecule has 0 fully saturated rings.